The SMILES string of the molecule is Cc1ccc(N)cc1OCCCC(C)(C)C#N. The molecule has 0 aliphatic carbocycles. The summed E-state index contributed by atoms with van der Waals surface area (Å²) in [5.41, 5.74) is 7.22. The fourth-order valence-corrected chi connectivity index (χ4v) is 1.52. The fraction of sp³-hybridized carbons (Fsp3) is 0.500. The zero-order valence-electron chi connectivity index (χ0n) is 10.8. The summed E-state index contributed by atoms with van der Waals surface area (Å²) >= 11 is 0. The van der Waals surface area contributed by atoms with E-state index >= 15 is 0 Å². The van der Waals surface area contributed by atoms with Crippen molar-refractivity contribution in [2.75, 3.05) is 12.3 Å². The predicted molar refractivity (Wildman–Crippen MR) is 69.7 cm³/mol. The molecule has 2 N–H and O–H groups in total. The van der Waals surface area contributed by atoms with E-state index in [2.05, 4.69) is 6.07 Å². The van der Waals surface area contributed by atoms with Gasteiger partial charge in [0.2, 0.25) is 0 Å². The number of aryl methyl sites for hydroxylation is 1. The fourth-order valence-electron chi connectivity index (χ4n) is 1.52. The number of nitrogens with two attached hydrogens (primary N) is 1. The minimum Gasteiger partial charge on any atom is -0.493 e. The van der Waals surface area contributed by atoms with Crippen LogP contribution in [0, 0.1) is 23.7 Å². The van der Waals surface area contributed by atoms with Crippen LogP contribution in [0.4, 0.5) is 5.69 Å². The molecule has 1 aromatic carbocycles. The Morgan fingerprint density at radius 1 is 1.41 bits per heavy atom. The highest BCUT2D eigenvalue weighted by Gasteiger charge is 2.15. The molecule has 0 aromatic heterocycles. The molecule has 0 spiro atoms. The van der Waals surface area contributed by atoms with Crippen molar-refractivity contribution in [2.45, 2.75) is 33.6 Å². The van der Waals surface area contributed by atoms with Gasteiger partial charge < -0.3 is 10.5 Å². The molecule has 3 nitrogen and oxygen atoms in total. The number of hydrogen-bond acceptors (Lipinski definition) is 3. The van der Waals surface area contributed by atoms with Gasteiger partial charge in [-0.25, -0.2) is 0 Å². The minimum absolute atomic E-state index is 0.270. The van der Waals surface area contributed by atoms with Crippen LogP contribution in [0.2, 0.25) is 0 Å². The number of nitrogen functional groups attached to an aromatic ring is 1. The number of nitriles is 1. The van der Waals surface area contributed by atoms with Crippen molar-refractivity contribution < 1.29 is 4.74 Å². The first-order chi connectivity index (χ1) is 7.94. The van der Waals surface area contributed by atoms with Crippen LogP contribution in [0.15, 0.2) is 18.2 Å². The van der Waals surface area contributed by atoms with Gasteiger partial charge >= 0.3 is 0 Å². The Bertz CT molecular complexity index is 419. The summed E-state index contributed by atoms with van der Waals surface area (Å²) in [6.45, 7) is 6.50. The van der Waals surface area contributed by atoms with Crippen LogP contribution in [0.3, 0.4) is 0 Å². The van der Waals surface area contributed by atoms with Gasteiger partial charge in [-0.05, 0) is 45.2 Å². The summed E-state index contributed by atoms with van der Waals surface area (Å²) in [5.74, 6) is 0.833. The van der Waals surface area contributed by atoms with Crippen molar-refractivity contribution in [1.82, 2.24) is 0 Å². The average Bonchev–Trinajstić information content (AvgIpc) is 2.29. The van der Waals surface area contributed by atoms with Gasteiger partial charge in [-0.2, -0.15) is 5.26 Å². The van der Waals surface area contributed by atoms with Gasteiger partial charge in [0.25, 0.3) is 0 Å². The molecule has 1 aromatic rings. The largest absolute Gasteiger partial charge is 0.493 e. The molecule has 0 unspecified atom stereocenters. The number of anilines is 1. The number of hydrogen-bond donors (Lipinski definition) is 1. The third-order valence-corrected chi connectivity index (χ3v) is 2.72. The van der Waals surface area contributed by atoms with Crippen molar-refractivity contribution in [1.29, 1.82) is 5.26 Å². The van der Waals surface area contributed by atoms with Crippen LogP contribution in [0.25, 0.3) is 0 Å². The van der Waals surface area contributed by atoms with Gasteiger partial charge in [0.15, 0.2) is 0 Å². The van der Waals surface area contributed by atoms with Gasteiger partial charge in [0.05, 0.1) is 18.1 Å². The summed E-state index contributed by atoms with van der Waals surface area (Å²) in [7, 11) is 0. The Balaban J connectivity index is 2.42. The monoisotopic (exact) mass is 232 g/mol. The van der Waals surface area contributed by atoms with Gasteiger partial charge in [-0.1, -0.05) is 6.07 Å². The quantitative estimate of drug-likeness (QED) is 0.626. The maximum absolute atomic E-state index is 8.88. The molecule has 0 fully saturated rings. The lowest BCUT2D eigenvalue weighted by atomic mass is 9.90. The van der Waals surface area contributed by atoms with E-state index in [1.165, 1.54) is 0 Å². The molecule has 0 aliphatic heterocycles. The molecular formula is C14H20N2O. The van der Waals surface area contributed by atoms with Crippen molar-refractivity contribution >= 4 is 5.69 Å². The van der Waals surface area contributed by atoms with Gasteiger partial charge in [0.1, 0.15) is 5.75 Å². The van der Waals surface area contributed by atoms with Gasteiger partial charge in [-0.3, -0.25) is 0 Å². The molecule has 1 rings (SSSR count). The third kappa shape index (κ3) is 4.36. The smallest absolute Gasteiger partial charge is 0.124 e. The van der Waals surface area contributed by atoms with E-state index in [1.54, 1.807) is 0 Å². The van der Waals surface area contributed by atoms with Crippen LogP contribution in [0.5, 0.6) is 5.75 Å². The predicted octanol–water partition coefficient (Wildman–Crippen LogP) is 3.29. The first-order valence-electron chi connectivity index (χ1n) is 5.85. The zero-order chi connectivity index (χ0) is 12.9. The molecule has 3 heteroatoms. The van der Waals surface area contributed by atoms with E-state index in [9.17, 15) is 0 Å². The van der Waals surface area contributed by atoms with Crippen LogP contribution < -0.4 is 10.5 Å². The van der Waals surface area contributed by atoms with Crippen LogP contribution in [-0.2, 0) is 0 Å². The highest BCUT2D eigenvalue weighted by molar-refractivity contribution is 5.47. The molecule has 0 atom stereocenters. The molecule has 0 saturated carbocycles. The molecule has 0 aliphatic rings. The number of benzene rings is 1. The van der Waals surface area contributed by atoms with Crippen molar-refractivity contribution in [3.05, 3.63) is 23.8 Å². The second-order valence-corrected chi connectivity index (χ2v) is 4.97. The molecule has 92 valence electrons. The lowest BCUT2D eigenvalue weighted by molar-refractivity contribution is 0.283. The Morgan fingerprint density at radius 2 is 2.12 bits per heavy atom. The van der Waals surface area contributed by atoms with E-state index in [0.29, 0.717) is 12.3 Å². The molecule has 0 radical (unpaired) electrons. The highest BCUT2D eigenvalue weighted by Crippen LogP contribution is 2.23. The molecule has 0 heterocycles. The molecule has 17 heavy (non-hydrogen) atoms. The second-order valence-electron chi connectivity index (χ2n) is 4.97. The lowest BCUT2D eigenvalue weighted by Crippen LogP contribution is -2.10. The van der Waals surface area contributed by atoms with E-state index in [0.717, 1.165) is 24.2 Å². The standard InChI is InChI=1S/C14H20N2O/c1-11-5-6-12(16)9-13(11)17-8-4-7-14(2,3)10-15/h5-6,9H,4,7-8,16H2,1-3H3. The maximum Gasteiger partial charge on any atom is 0.124 e. The summed E-state index contributed by atoms with van der Waals surface area (Å²) in [6.07, 6.45) is 1.71. The Kier molecular flexibility index (Phi) is 4.39. The number of nitrogens with zero attached hydrogens (tertiary/aromatic N) is 1. The Hall–Kier alpha value is -1.69. The second kappa shape index (κ2) is 5.58. The van der Waals surface area contributed by atoms with Gasteiger partial charge in [-0.15, -0.1) is 0 Å². The normalized spacial score (nSPS) is 10.9. The first-order valence-corrected chi connectivity index (χ1v) is 5.85. The minimum atomic E-state index is -0.270. The topological polar surface area (TPSA) is 59.0 Å². The molecular weight excluding hydrogens is 212 g/mol. The molecule has 0 amide bonds. The third-order valence-electron chi connectivity index (χ3n) is 2.72. The lowest BCUT2D eigenvalue weighted by Gasteiger charge is -2.15. The summed E-state index contributed by atoms with van der Waals surface area (Å²) in [4.78, 5) is 0. The van der Waals surface area contributed by atoms with Crippen molar-refractivity contribution in [3.8, 4) is 11.8 Å². The van der Waals surface area contributed by atoms with Crippen LogP contribution in [0.1, 0.15) is 32.3 Å². The summed E-state index contributed by atoms with van der Waals surface area (Å²) in [5, 5.41) is 8.88. The Morgan fingerprint density at radius 3 is 2.76 bits per heavy atom. The highest BCUT2D eigenvalue weighted by atomic mass is 16.5. The van der Waals surface area contributed by atoms with Crippen molar-refractivity contribution in [2.24, 2.45) is 5.41 Å². The van der Waals surface area contributed by atoms with E-state index < -0.39 is 0 Å². The van der Waals surface area contributed by atoms with Gasteiger partial charge in [0, 0.05) is 11.8 Å². The molecule has 0 saturated heterocycles. The zero-order valence-corrected chi connectivity index (χ0v) is 10.8. The number of rotatable bonds is 5. The van der Waals surface area contributed by atoms with E-state index in [1.807, 2.05) is 39.0 Å². The Labute approximate surface area is 103 Å². The van der Waals surface area contributed by atoms with E-state index in [4.69, 9.17) is 15.7 Å². The van der Waals surface area contributed by atoms with E-state index in [-0.39, 0.29) is 5.41 Å². The summed E-state index contributed by atoms with van der Waals surface area (Å²) in [6, 6.07) is 7.93. The van der Waals surface area contributed by atoms with Crippen LogP contribution >= 0.6 is 0 Å². The average molecular weight is 232 g/mol. The van der Waals surface area contributed by atoms with Crippen LogP contribution in [-0.4, -0.2) is 6.61 Å². The maximum atomic E-state index is 8.88. The summed E-state index contributed by atoms with van der Waals surface area (Å²) < 4.78 is 5.67. The van der Waals surface area contributed by atoms with Crippen molar-refractivity contribution in [3.63, 3.8) is 0 Å². The first kappa shape index (κ1) is 13.4. The number of ether oxygens (including phenoxy) is 1. The molecule has 0 bridgehead atoms.